The highest BCUT2D eigenvalue weighted by atomic mass is 19.4. The Morgan fingerprint density at radius 2 is 2.19 bits per heavy atom. The summed E-state index contributed by atoms with van der Waals surface area (Å²) in [6.07, 6.45) is 0.586. The fourth-order valence-corrected chi connectivity index (χ4v) is 3.33. The number of nitrogens with one attached hydrogen (secondary N) is 1. The lowest BCUT2D eigenvalue weighted by Gasteiger charge is -2.36. The summed E-state index contributed by atoms with van der Waals surface area (Å²) in [5.41, 5.74) is 0.983. The standard InChI is InChI=1S/C15H24F3N3/c1-3-8-19-14(13-7-9-20-21(13)2)11-5-4-6-12(10-11)15(16,17)18/h7,9,11-12,14,19H,3-6,8,10H2,1-2H3. The minimum absolute atomic E-state index is 0.0207. The molecule has 1 fully saturated rings. The van der Waals surface area contributed by atoms with Gasteiger partial charge in [-0.1, -0.05) is 13.3 Å². The predicted octanol–water partition coefficient (Wildman–Crippen LogP) is 3.83. The Labute approximate surface area is 123 Å². The third kappa shape index (κ3) is 3.99. The van der Waals surface area contributed by atoms with Gasteiger partial charge in [-0.25, -0.2) is 0 Å². The SMILES string of the molecule is CCCNC(c1ccnn1C)C1CCCC(C(F)(F)F)C1. The Balaban J connectivity index is 2.15. The second-order valence-electron chi connectivity index (χ2n) is 5.98. The topological polar surface area (TPSA) is 29.9 Å². The van der Waals surface area contributed by atoms with Crippen LogP contribution in [0.4, 0.5) is 13.2 Å². The minimum Gasteiger partial charge on any atom is -0.308 e. The van der Waals surface area contributed by atoms with Crippen LogP contribution in [0.1, 0.15) is 50.8 Å². The average Bonchev–Trinajstić information content (AvgIpc) is 2.85. The van der Waals surface area contributed by atoms with E-state index in [1.807, 2.05) is 13.1 Å². The number of nitrogens with zero attached hydrogens (tertiary/aromatic N) is 2. The van der Waals surface area contributed by atoms with E-state index in [0.717, 1.165) is 25.1 Å². The summed E-state index contributed by atoms with van der Waals surface area (Å²) in [6, 6.07) is 1.87. The van der Waals surface area contributed by atoms with E-state index >= 15 is 0 Å². The van der Waals surface area contributed by atoms with E-state index in [1.165, 1.54) is 0 Å². The number of hydrogen-bond donors (Lipinski definition) is 1. The largest absolute Gasteiger partial charge is 0.391 e. The summed E-state index contributed by atoms with van der Waals surface area (Å²) in [7, 11) is 1.85. The summed E-state index contributed by atoms with van der Waals surface area (Å²) in [6.45, 7) is 2.87. The van der Waals surface area contributed by atoms with Crippen molar-refractivity contribution in [2.45, 2.75) is 51.2 Å². The molecule has 1 aliphatic rings. The Morgan fingerprint density at radius 1 is 1.43 bits per heavy atom. The zero-order chi connectivity index (χ0) is 15.5. The molecule has 3 unspecified atom stereocenters. The Morgan fingerprint density at radius 3 is 2.76 bits per heavy atom. The van der Waals surface area contributed by atoms with Gasteiger partial charge >= 0.3 is 6.18 Å². The molecule has 1 aromatic rings. The van der Waals surface area contributed by atoms with Gasteiger partial charge in [0.05, 0.1) is 17.7 Å². The molecule has 3 atom stereocenters. The Kier molecular flexibility index (Phi) is 5.30. The van der Waals surface area contributed by atoms with Gasteiger partial charge in [0.25, 0.3) is 0 Å². The number of halogens is 3. The van der Waals surface area contributed by atoms with Crippen molar-refractivity contribution in [1.29, 1.82) is 0 Å². The number of aromatic nitrogens is 2. The second kappa shape index (κ2) is 6.81. The monoisotopic (exact) mass is 303 g/mol. The molecule has 1 saturated carbocycles. The zero-order valence-corrected chi connectivity index (χ0v) is 12.7. The van der Waals surface area contributed by atoms with Crippen LogP contribution < -0.4 is 5.32 Å². The summed E-state index contributed by atoms with van der Waals surface area (Å²) in [5.74, 6) is -1.14. The van der Waals surface area contributed by atoms with Crippen molar-refractivity contribution in [2.75, 3.05) is 6.54 Å². The number of alkyl halides is 3. The van der Waals surface area contributed by atoms with Gasteiger partial charge in [-0.05, 0) is 44.2 Å². The van der Waals surface area contributed by atoms with E-state index in [0.29, 0.717) is 6.42 Å². The molecular weight excluding hydrogens is 279 g/mol. The predicted molar refractivity (Wildman–Crippen MR) is 75.7 cm³/mol. The molecule has 0 radical (unpaired) electrons. The maximum Gasteiger partial charge on any atom is 0.391 e. The summed E-state index contributed by atoms with van der Waals surface area (Å²) < 4.78 is 40.8. The van der Waals surface area contributed by atoms with Crippen molar-refractivity contribution in [2.24, 2.45) is 18.9 Å². The molecule has 0 aromatic carbocycles. The highest BCUT2D eigenvalue weighted by molar-refractivity contribution is 5.09. The fourth-order valence-electron chi connectivity index (χ4n) is 3.33. The van der Waals surface area contributed by atoms with Crippen LogP contribution in [0.15, 0.2) is 12.3 Å². The van der Waals surface area contributed by atoms with Gasteiger partial charge in [0.1, 0.15) is 0 Å². The molecule has 1 aromatic heterocycles. The molecule has 3 nitrogen and oxygen atoms in total. The van der Waals surface area contributed by atoms with Crippen LogP contribution >= 0.6 is 0 Å². The van der Waals surface area contributed by atoms with Gasteiger partial charge in [0.2, 0.25) is 0 Å². The molecular formula is C15H24F3N3. The molecule has 21 heavy (non-hydrogen) atoms. The Hall–Kier alpha value is -1.04. The molecule has 6 heteroatoms. The van der Waals surface area contributed by atoms with Crippen LogP contribution in [0.5, 0.6) is 0 Å². The third-order valence-electron chi connectivity index (χ3n) is 4.44. The van der Waals surface area contributed by atoms with Crippen molar-refractivity contribution in [1.82, 2.24) is 15.1 Å². The van der Waals surface area contributed by atoms with Crippen LogP contribution in [0.3, 0.4) is 0 Å². The third-order valence-corrected chi connectivity index (χ3v) is 4.44. The van der Waals surface area contributed by atoms with Crippen LogP contribution in [0.2, 0.25) is 0 Å². The maximum atomic E-state index is 13.0. The lowest BCUT2D eigenvalue weighted by atomic mass is 9.76. The first kappa shape index (κ1) is 16.3. The molecule has 0 bridgehead atoms. The van der Waals surface area contributed by atoms with Crippen LogP contribution in [-0.4, -0.2) is 22.5 Å². The highest BCUT2D eigenvalue weighted by Crippen LogP contribution is 2.43. The highest BCUT2D eigenvalue weighted by Gasteiger charge is 2.44. The first-order valence-corrected chi connectivity index (χ1v) is 7.71. The molecule has 1 aliphatic carbocycles. The minimum atomic E-state index is -4.07. The molecule has 1 N–H and O–H groups in total. The molecule has 0 saturated heterocycles. The zero-order valence-electron chi connectivity index (χ0n) is 12.7. The van der Waals surface area contributed by atoms with Gasteiger partial charge in [0, 0.05) is 13.2 Å². The number of hydrogen-bond acceptors (Lipinski definition) is 2. The van der Waals surface area contributed by atoms with E-state index in [9.17, 15) is 13.2 Å². The van der Waals surface area contributed by atoms with Gasteiger partial charge < -0.3 is 5.32 Å². The van der Waals surface area contributed by atoms with E-state index in [2.05, 4.69) is 17.3 Å². The van der Waals surface area contributed by atoms with Gasteiger partial charge in [-0.2, -0.15) is 18.3 Å². The van der Waals surface area contributed by atoms with Crippen LogP contribution in [-0.2, 0) is 7.05 Å². The van der Waals surface area contributed by atoms with Crippen molar-refractivity contribution in [3.05, 3.63) is 18.0 Å². The first-order valence-electron chi connectivity index (χ1n) is 7.71. The summed E-state index contributed by atoms with van der Waals surface area (Å²) in [5, 5.41) is 7.59. The van der Waals surface area contributed by atoms with E-state index in [4.69, 9.17) is 0 Å². The van der Waals surface area contributed by atoms with Crippen LogP contribution in [0.25, 0.3) is 0 Å². The molecule has 120 valence electrons. The molecule has 2 rings (SSSR count). The quantitative estimate of drug-likeness (QED) is 0.896. The number of aryl methyl sites for hydroxylation is 1. The van der Waals surface area contributed by atoms with Crippen LogP contribution in [0, 0.1) is 11.8 Å². The second-order valence-corrected chi connectivity index (χ2v) is 5.98. The first-order chi connectivity index (χ1) is 9.93. The van der Waals surface area contributed by atoms with Crippen molar-refractivity contribution >= 4 is 0 Å². The van der Waals surface area contributed by atoms with Gasteiger partial charge in [-0.3, -0.25) is 4.68 Å². The molecule has 1 heterocycles. The van der Waals surface area contributed by atoms with E-state index in [1.54, 1.807) is 10.9 Å². The van der Waals surface area contributed by atoms with Crippen molar-refractivity contribution in [3.8, 4) is 0 Å². The summed E-state index contributed by atoms with van der Waals surface area (Å²) >= 11 is 0. The normalized spacial score (nSPS) is 25.0. The molecule has 0 aliphatic heterocycles. The Bertz CT molecular complexity index is 442. The summed E-state index contributed by atoms with van der Waals surface area (Å²) in [4.78, 5) is 0. The van der Waals surface area contributed by atoms with Crippen molar-refractivity contribution < 1.29 is 13.2 Å². The lowest BCUT2D eigenvalue weighted by Crippen LogP contribution is -2.36. The van der Waals surface area contributed by atoms with Crippen molar-refractivity contribution in [3.63, 3.8) is 0 Å². The smallest absolute Gasteiger partial charge is 0.308 e. The number of rotatable bonds is 5. The molecule has 0 amide bonds. The average molecular weight is 303 g/mol. The molecule has 0 spiro atoms. The van der Waals surface area contributed by atoms with E-state index in [-0.39, 0.29) is 24.8 Å². The van der Waals surface area contributed by atoms with Gasteiger partial charge in [0.15, 0.2) is 0 Å². The maximum absolute atomic E-state index is 13.0. The van der Waals surface area contributed by atoms with E-state index < -0.39 is 12.1 Å². The lowest BCUT2D eigenvalue weighted by molar-refractivity contribution is -0.186. The fraction of sp³-hybridized carbons (Fsp3) is 0.800. The van der Waals surface area contributed by atoms with Gasteiger partial charge in [-0.15, -0.1) is 0 Å².